The predicted octanol–water partition coefficient (Wildman–Crippen LogP) is 2.89. The van der Waals surface area contributed by atoms with Gasteiger partial charge in [-0.05, 0) is 54.3 Å². The summed E-state index contributed by atoms with van der Waals surface area (Å²) in [6.07, 6.45) is 1.83. The molecule has 31 heavy (non-hydrogen) atoms. The van der Waals surface area contributed by atoms with E-state index in [-0.39, 0.29) is 23.0 Å². The Morgan fingerprint density at radius 1 is 1.13 bits per heavy atom. The zero-order valence-corrected chi connectivity index (χ0v) is 18.9. The van der Waals surface area contributed by atoms with Gasteiger partial charge in [-0.2, -0.15) is 4.31 Å². The maximum absolute atomic E-state index is 13.2. The molecule has 2 aliphatic heterocycles. The molecule has 2 aliphatic rings. The zero-order valence-electron chi connectivity index (χ0n) is 17.3. The van der Waals surface area contributed by atoms with Gasteiger partial charge in [-0.3, -0.25) is 4.79 Å². The van der Waals surface area contributed by atoms with Crippen LogP contribution in [0.1, 0.15) is 17.5 Å². The Hall–Kier alpha value is -2.13. The molecule has 1 saturated heterocycles. The lowest BCUT2D eigenvalue weighted by molar-refractivity contribution is -0.118. The first-order valence-electron chi connectivity index (χ1n) is 10.2. The van der Waals surface area contributed by atoms with Gasteiger partial charge in [-0.15, -0.1) is 0 Å². The number of hydrogen-bond acceptors (Lipinski definition) is 5. The fourth-order valence-electron chi connectivity index (χ4n) is 4.05. The van der Waals surface area contributed by atoms with Crippen molar-refractivity contribution in [1.82, 2.24) is 4.31 Å². The Labute approximate surface area is 187 Å². The summed E-state index contributed by atoms with van der Waals surface area (Å²) in [4.78, 5) is 15.0. The number of hydrogen-bond donors (Lipinski definition) is 0. The molecule has 7 nitrogen and oxygen atoms in total. The van der Waals surface area contributed by atoms with Crippen LogP contribution in [0.5, 0.6) is 5.75 Å². The second-order valence-electron chi connectivity index (χ2n) is 7.60. The van der Waals surface area contributed by atoms with E-state index in [0.717, 1.165) is 24.1 Å². The maximum Gasteiger partial charge on any atom is 0.246 e. The molecule has 0 bridgehead atoms. The number of rotatable bonds is 5. The smallest absolute Gasteiger partial charge is 0.246 e. The summed E-state index contributed by atoms with van der Waals surface area (Å²) in [5.74, 6) is 0.184. The van der Waals surface area contributed by atoms with Gasteiger partial charge in [0.05, 0.1) is 26.7 Å². The standard InChI is InChI=1S/C22H25ClN2O5S/c1-29-20-7-4-16(13-21(20)31(27,28)24-9-11-30-12-10-24)14-22(26)25-8-2-3-17-15-18(23)5-6-19(17)25/h4-7,13,15H,2-3,8-12,14H2,1H3. The number of benzene rings is 2. The first kappa shape index (κ1) is 22.1. The van der Waals surface area contributed by atoms with Crippen LogP contribution in [0.4, 0.5) is 5.69 Å². The number of ether oxygens (including phenoxy) is 2. The van der Waals surface area contributed by atoms with Crippen molar-refractivity contribution in [2.45, 2.75) is 24.2 Å². The summed E-state index contributed by atoms with van der Waals surface area (Å²) in [5.41, 5.74) is 2.55. The predicted molar refractivity (Wildman–Crippen MR) is 118 cm³/mol. The van der Waals surface area contributed by atoms with E-state index >= 15 is 0 Å². The summed E-state index contributed by atoms with van der Waals surface area (Å²) < 4.78 is 38.3. The van der Waals surface area contributed by atoms with Crippen molar-refractivity contribution in [2.75, 3.05) is 44.9 Å². The number of aryl methyl sites for hydroxylation is 1. The van der Waals surface area contributed by atoms with Crippen molar-refractivity contribution < 1.29 is 22.7 Å². The van der Waals surface area contributed by atoms with Gasteiger partial charge in [0, 0.05) is 30.3 Å². The fraction of sp³-hybridized carbons (Fsp3) is 0.409. The van der Waals surface area contributed by atoms with Crippen LogP contribution in [0.3, 0.4) is 0 Å². The van der Waals surface area contributed by atoms with Gasteiger partial charge >= 0.3 is 0 Å². The number of carbonyl (C=O) groups is 1. The molecule has 2 heterocycles. The minimum atomic E-state index is -3.75. The number of morpholine rings is 1. The lowest BCUT2D eigenvalue weighted by atomic mass is 10.0. The van der Waals surface area contributed by atoms with Crippen molar-refractivity contribution in [3.63, 3.8) is 0 Å². The number of halogens is 1. The highest BCUT2D eigenvalue weighted by molar-refractivity contribution is 7.89. The van der Waals surface area contributed by atoms with Gasteiger partial charge in [0.2, 0.25) is 15.9 Å². The topological polar surface area (TPSA) is 76.2 Å². The molecule has 0 aliphatic carbocycles. The highest BCUT2D eigenvalue weighted by atomic mass is 35.5. The van der Waals surface area contributed by atoms with E-state index < -0.39 is 10.0 Å². The number of anilines is 1. The lowest BCUT2D eigenvalue weighted by Crippen LogP contribution is -2.40. The molecule has 0 saturated carbocycles. The summed E-state index contributed by atoms with van der Waals surface area (Å²) in [6.45, 7) is 1.93. The molecule has 2 aromatic rings. The molecule has 0 unspecified atom stereocenters. The molecule has 0 N–H and O–H groups in total. The molecule has 166 valence electrons. The van der Waals surface area contributed by atoms with Crippen molar-refractivity contribution in [3.05, 3.63) is 52.5 Å². The zero-order chi connectivity index (χ0) is 22.0. The normalized spacial score (nSPS) is 17.3. The van der Waals surface area contributed by atoms with Crippen LogP contribution >= 0.6 is 11.6 Å². The second kappa shape index (κ2) is 9.16. The number of methoxy groups -OCH3 is 1. The summed E-state index contributed by atoms with van der Waals surface area (Å²) >= 11 is 6.10. The van der Waals surface area contributed by atoms with E-state index in [2.05, 4.69) is 0 Å². The van der Waals surface area contributed by atoms with Gasteiger partial charge in [-0.25, -0.2) is 8.42 Å². The Morgan fingerprint density at radius 3 is 2.65 bits per heavy atom. The number of fused-ring (bicyclic) bond motifs is 1. The van der Waals surface area contributed by atoms with Crippen molar-refractivity contribution in [3.8, 4) is 5.75 Å². The Kier molecular flexibility index (Phi) is 6.52. The van der Waals surface area contributed by atoms with E-state index in [4.69, 9.17) is 21.1 Å². The third-order valence-corrected chi connectivity index (χ3v) is 7.79. The van der Waals surface area contributed by atoms with Crippen molar-refractivity contribution in [2.24, 2.45) is 0 Å². The van der Waals surface area contributed by atoms with Crippen molar-refractivity contribution in [1.29, 1.82) is 0 Å². The number of nitrogens with zero attached hydrogens (tertiary/aromatic N) is 2. The van der Waals surface area contributed by atoms with Gasteiger partial charge in [0.25, 0.3) is 0 Å². The summed E-state index contributed by atoms with van der Waals surface area (Å²) in [7, 11) is -2.31. The van der Waals surface area contributed by atoms with Gasteiger partial charge < -0.3 is 14.4 Å². The quantitative estimate of drug-likeness (QED) is 0.680. The maximum atomic E-state index is 13.2. The summed E-state index contributed by atoms with van der Waals surface area (Å²) in [6, 6.07) is 10.5. The molecule has 1 fully saturated rings. The number of carbonyl (C=O) groups excluding carboxylic acids is 1. The van der Waals surface area contributed by atoms with E-state index in [1.807, 2.05) is 12.1 Å². The molecular weight excluding hydrogens is 440 g/mol. The second-order valence-corrected chi connectivity index (χ2v) is 9.94. The average molecular weight is 465 g/mol. The minimum Gasteiger partial charge on any atom is -0.495 e. The molecular formula is C22H25ClN2O5S. The monoisotopic (exact) mass is 464 g/mol. The van der Waals surface area contributed by atoms with Gasteiger partial charge in [0.1, 0.15) is 10.6 Å². The first-order valence-corrected chi connectivity index (χ1v) is 12.1. The van der Waals surface area contributed by atoms with Crippen LogP contribution in [0.25, 0.3) is 0 Å². The van der Waals surface area contributed by atoms with Gasteiger partial charge in [0.15, 0.2) is 0 Å². The van der Waals surface area contributed by atoms with E-state index in [9.17, 15) is 13.2 Å². The molecule has 1 amide bonds. The first-order chi connectivity index (χ1) is 14.9. The average Bonchev–Trinajstić information content (AvgIpc) is 2.79. The summed E-state index contributed by atoms with van der Waals surface area (Å²) in [5, 5.41) is 0.654. The molecule has 2 aromatic carbocycles. The molecule has 0 atom stereocenters. The van der Waals surface area contributed by atoms with Gasteiger partial charge in [-0.1, -0.05) is 17.7 Å². The highest BCUT2D eigenvalue weighted by Crippen LogP contribution is 2.32. The van der Waals surface area contributed by atoms with Crippen LogP contribution in [0, 0.1) is 0 Å². The van der Waals surface area contributed by atoms with E-state index in [1.54, 1.807) is 29.2 Å². The Bertz CT molecular complexity index is 1080. The van der Waals surface area contributed by atoms with Crippen LogP contribution < -0.4 is 9.64 Å². The molecule has 0 aromatic heterocycles. The Balaban J connectivity index is 1.60. The molecule has 0 spiro atoms. The van der Waals surface area contributed by atoms with Crippen LogP contribution in [-0.4, -0.2) is 58.6 Å². The van der Waals surface area contributed by atoms with E-state index in [1.165, 1.54) is 11.4 Å². The fourth-order valence-corrected chi connectivity index (χ4v) is 5.86. The third-order valence-electron chi connectivity index (χ3n) is 5.63. The lowest BCUT2D eigenvalue weighted by Gasteiger charge is -2.30. The highest BCUT2D eigenvalue weighted by Gasteiger charge is 2.30. The molecule has 0 radical (unpaired) electrons. The third kappa shape index (κ3) is 4.57. The van der Waals surface area contributed by atoms with Crippen LogP contribution in [-0.2, 0) is 32.4 Å². The SMILES string of the molecule is COc1ccc(CC(=O)N2CCCc3cc(Cl)ccc32)cc1S(=O)(=O)N1CCOCC1. The molecule has 9 heteroatoms. The van der Waals surface area contributed by atoms with E-state index in [0.29, 0.717) is 43.4 Å². The largest absolute Gasteiger partial charge is 0.495 e. The van der Waals surface area contributed by atoms with Crippen LogP contribution in [0.15, 0.2) is 41.3 Å². The number of sulfonamides is 1. The molecule has 4 rings (SSSR count). The van der Waals surface area contributed by atoms with Crippen molar-refractivity contribution >= 4 is 33.2 Å². The minimum absolute atomic E-state index is 0.0769. The Morgan fingerprint density at radius 2 is 1.90 bits per heavy atom. The van der Waals surface area contributed by atoms with Crippen LogP contribution in [0.2, 0.25) is 5.02 Å². The number of amides is 1.